The lowest BCUT2D eigenvalue weighted by Crippen LogP contribution is -2.43. The van der Waals surface area contributed by atoms with Crippen molar-refractivity contribution in [1.82, 2.24) is 15.1 Å². The van der Waals surface area contributed by atoms with E-state index >= 15 is 0 Å². The number of nitrogens with zero attached hydrogens (tertiary/aromatic N) is 2. The number of amides is 1. The first-order valence-electron chi connectivity index (χ1n) is 7.72. The van der Waals surface area contributed by atoms with Crippen LogP contribution < -0.4 is 10.6 Å². The molecular formula is C16H22N4O2. The van der Waals surface area contributed by atoms with E-state index in [2.05, 4.69) is 29.6 Å². The van der Waals surface area contributed by atoms with Gasteiger partial charge in [0.25, 0.3) is 0 Å². The van der Waals surface area contributed by atoms with Crippen LogP contribution in [0.25, 0.3) is 10.9 Å². The molecule has 1 aromatic carbocycles. The lowest BCUT2D eigenvalue weighted by molar-refractivity contribution is -0.117. The molecule has 2 heterocycles. The van der Waals surface area contributed by atoms with Crippen LogP contribution in [-0.4, -0.2) is 41.5 Å². The fourth-order valence-electron chi connectivity index (χ4n) is 2.57. The molecule has 0 aliphatic carbocycles. The maximum Gasteiger partial charge on any atom is 0.226 e. The summed E-state index contributed by atoms with van der Waals surface area (Å²) in [5.41, 5.74) is 1.74. The van der Waals surface area contributed by atoms with Gasteiger partial charge in [0.15, 0.2) is 0 Å². The molecule has 0 radical (unpaired) electrons. The van der Waals surface area contributed by atoms with Crippen LogP contribution in [0.2, 0.25) is 0 Å². The highest BCUT2D eigenvalue weighted by atomic mass is 16.5. The SMILES string of the molecule is CC(C)n1cc2cc(NC(=O)CC3COCCN3)ccc2n1. The smallest absolute Gasteiger partial charge is 0.226 e. The molecule has 22 heavy (non-hydrogen) atoms. The highest BCUT2D eigenvalue weighted by molar-refractivity contribution is 5.93. The normalized spacial score (nSPS) is 18.8. The maximum absolute atomic E-state index is 12.1. The van der Waals surface area contributed by atoms with E-state index in [1.165, 1.54) is 0 Å². The quantitative estimate of drug-likeness (QED) is 0.905. The largest absolute Gasteiger partial charge is 0.378 e. The van der Waals surface area contributed by atoms with E-state index in [9.17, 15) is 4.79 Å². The third kappa shape index (κ3) is 3.45. The second-order valence-electron chi connectivity index (χ2n) is 5.95. The number of benzene rings is 1. The summed E-state index contributed by atoms with van der Waals surface area (Å²) in [6, 6.07) is 6.21. The molecule has 6 heteroatoms. The van der Waals surface area contributed by atoms with Gasteiger partial charge in [-0.05, 0) is 32.0 Å². The average Bonchev–Trinajstić information content (AvgIpc) is 2.91. The van der Waals surface area contributed by atoms with Crippen LogP contribution in [-0.2, 0) is 9.53 Å². The van der Waals surface area contributed by atoms with E-state index in [-0.39, 0.29) is 11.9 Å². The van der Waals surface area contributed by atoms with Gasteiger partial charge in [-0.25, -0.2) is 0 Å². The third-order valence-electron chi connectivity index (χ3n) is 3.77. The number of ether oxygens (including phenoxy) is 1. The van der Waals surface area contributed by atoms with E-state index in [1.54, 1.807) is 0 Å². The maximum atomic E-state index is 12.1. The van der Waals surface area contributed by atoms with E-state index in [0.717, 1.165) is 23.1 Å². The fraction of sp³-hybridized carbons (Fsp3) is 0.500. The van der Waals surface area contributed by atoms with Gasteiger partial charge < -0.3 is 15.4 Å². The van der Waals surface area contributed by atoms with Crippen LogP contribution in [0.1, 0.15) is 26.3 Å². The first kappa shape index (κ1) is 15.0. The Hall–Kier alpha value is -1.92. The van der Waals surface area contributed by atoms with Crippen molar-refractivity contribution in [3.05, 3.63) is 24.4 Å². The summed E-state index contributed by atoms with van der Waals surface area (Å²) in [6.45, 7) is 6.29. The van der Waals surface area contributed by atoms with Gasteiger partial charge >= 0.3 is 0 Å². The minimum atomic E-state index is -0.00129. The molecule has 2 aromatic rings. The van der Waals surface area contributed by atoms with E-state index < -0.39 is 0 Å². The molecule has 1 saturated heterocycles. The number of aromatic nitrogens is 2. The molecular weight excluding hydrogens is 280 g/mol. The molecule has 1 aromatic heterocycles. The summed E-state index contributed by atoms with van der Waals surface area (Å²) in [7, 11) is 0. The van der Waals surface area contributed by atoms with Crippen molar-refractivity contribution in [2.45, 2.75) is 32.4 Å². The van der Waals surface area contributed by atoms with Crippen LogP contribution in [0, 0.1) is 0 Å². The number of morpholine rings is 1. The first-order chi connectivity index (χ1) is 10.6. The van der Waals surface area contributed by atoms with Gasteiger partial charge in [-0.2, -0.15) is 5.10 Å². The summed E-state index contributed by atoms with van der Waals surface area (Å²) in [4.78, 5) is 12.1. The van der Waals surface area contributed by atoms with Crippen LogP contribution in [0.4, 0.5) is 5.69 Å². The van der Waals surface area contributed by atoms with Gasteiger partial charge in [-0.1, -0.05) is 0 Å². The number of rotatable bonds is 4. The first-order valence-corrected chi connectivity index (χ1v) is 7.72. The lowest BCUT2D eigenvalue weighted by atomic mass is 10.2. The highest BCUT2D eigenvalue weighted by Gasteiger charge is 2.17. The molecule has 1 aliphatic heterocycles. The van der Waals surface area contributed by atoms with E-state index in [0.29, 0.717) is 25.7 Å². The fourth-order valence-corrected chi connectivity index (χ4v) is 2.57. The molecule has 1 atom stereocenters. The van der Waals surface area contributed by atoms with Gasteiger partial charge in [-0.15, -0.1) is 0 Å². The topological polar surface area (TPSA) is 68.2 Å². The number of carbonyl (C=O) groups excluding carboxylic acids is 1. The molecule has 0 saturated carbocycles. The molecule has 1 amide bonds. The van der Waals surface area contributed by atoms with Gasteiger partial charge in [0, 0.05) is 42.3 Å². The Morgan fingerprint density at radius 2 is 2.41 bits per heavy atom. The second-order valence-corrected chi connectivity index (χ2v) is 5.95. The molecule has 0 bridgehead atoms. The van der Waals surface area contributed by atoms with Crippen LogP contribution in [0.5, 0.6) is 0 Å². The minimum absolute atomic E-state index is 0.00129. The Labute approximate surface area is 129 Å². The van der Waals surface area contributed by atoms with Gasteiger partial charge in [0.05, 0.1) is 18.7 Å². The molecule has 6 nitrogen and oxygen atoms in total. The van der Waals surface area contributed by atoms with E-state index in [1.807, 2.05) is 29.1 Å². The molecule has 1 unspecified atom stereocenters. The predicted octanol–water partition coefficient (Wildman–Crippen LogP) is 1.93. The van der Waals surface area contributed by atoms with Gasteiger partial charge in [0.2, 0.25) is 5.91 Å². The zero-order valence-electron chi connectivity index (χ0n) is 13.0. The Kier molecular flexibility index (Phi) is 4.40. The number of hydrogen-bond donors (Lipinski definition) is 2. The van der Waals surface area contributed by atoms with Crippen LogP contribution in [0.3, 0.4) is 0 Å². The lowest BCUT2D eigenvalue weighted by Gasteiger charge is -2.23. The van der Waals surface area contributed by atoms with Crippen LogP contribution in [0.15, 0.2) is 24.4 Å². The second kappa shape index (κ2) is 6.46. The number of hydrogen-bond acceptors (Lipinski definition) is 4. The zero-order valence-corrected chi connectivity index (χ0v) is 13.0. The van der Waals surface area contributed by atoms with Crippen molar-refractivity contribution >= 4 is 22.5 Å². The van der Waals surface area contributed by atoms with Crippen molar-refractivity contribution in [2.75, 3.05) is 25.1 Å². The molecule has 3 rings (SSSR count). The highest BCUT2D eigenvalue weighted by Crippen LogP contribution is 2.20. The summed E-state index contributed by atoms with van der Waals surface area (Å²) < 4.78 is 7.29. The minimum Gasteiger partial charge on any atom is -0.378 e. The monoisotopic (exact) mass is 302 g/mol. The van der Waals surface area contributed by atoms with Crippen molar-refractivity contribution in [2.24, 2.45) is 0 Å². The average molecular weight is 302 g/mol. The third-order valence-corrected chi connectivity index (χ3v) is 3.77. The van der Waals surface area contributed by atoms with Crippen molar-refractivity contribution in [1.29, 1.82) is 0 Å². The molecule has 0 spiro atoms. The van der Waals surface area contributed by atoms with E-state index in [4.69, 9.17) is 4.74 Å². The summed E-state index contributed by atoms with van der Waals surface area (Å²) in [5, 5.41) is 11.8. The summed E-state index contributed by atoms with van der Waals surface area (Å²) >= 11 is 0. The van der Waals surface area contributed by atoms with Crippen LogP contribution >= 0.6 is 0 Å². The van der Waals surface area contributed by atoms with Crippen molar-refractivity contribution < 1.29 is 9.53 Å². The standard InChI is InChI=1S/C16H22N4O2/c1-11(2)20-9-12-7-13(3-4-15(12)19-20)18-16(21)8-14-10-22-6-5-17-14/h3-4,7,9,11,14,17H,5-6,8,10H2,1-2H3,(H,18,21). The van der Waals surface area contributed by atoms with Crippen molar-refractivity contribution in [3.8, 4) is 0 Å². The Balaban J connectivity index is 1.66. The Morgan fingerprint density at radius 3 is 3.14 bits per heavy atom. The van der Waals surface area contributed by atoms with Gasteiger partial charge in [-0.3, -0.25) is 9.48 Å². The summed E-state index contributed by atoms with van der Waals surface area (Å²) in [5.74, 6) is -0.00129. The van der Waals surface area contributed by atoms with Gasteiger partial charge in [0.1, 0.15) is 0 Å². The summed E-state index contributed by atoms with van der Waals surface area (Å²) in [6.07, 6.45) is 2.43. The Morgan fingerprint density at radius 1 is 1.55 bits per heavy atom. The predicted molar refractivity (Wildman–Crippen MR) is 86.0 cm³/mol. The molecule has 2 N–H and O–H groups in total. The number of fused-ring (bicyclic) bond motifs is 1. The number of carbonyl (C=O) groups is 1. The molecule has 1 fully saturated rings. The Bertz CT molecular complexity index is 659. The molecule has 118 valence electrons. The zero-order chi connectivity index (χ0) is 15.5. The van der Waals surface area contributed by atoms with Crippen molar-refractivity contribution in [3.63, 3.8) is 0 Å². The number of nitrogens with one attached hydrogen (secondary N) is 2. The molecule has 1 aliphatic rings. The number of anilines is 1.